The number of fused-ring (bicyclic) bond motifs is 1. The average Bonchev–Trinajstić information content (AvgIpc) is 2.27. The van der Waals surface area contributed by atoms with Crippen molar-refractivity contribution < 1.29 is 18.3 Å². The zero-order valence-electron chi connectivity index (χ0n) is 6.36. The van der Waals surface area contributed by atoms with E-state index in [1.54, 1.807) is 0 Å². The van der Waals surface area contributed by atoms with Gasteiger partial charge in [0, 0.05) is 18.4 Å². The van der Waals surface area contributed by atoms with E-state index in [1.807, 2.05) is 0 Å². The van der Waals surface area contributed by atoms with E-state index in [-0.39, 0.29) is 12.5 Å². The van der Waals surface area contributed by atoms with Gasteiger partial charge in [0.15, 0.2) is 5.60 Å². The first-order valence-electron chi connectivity index (χ1n) is 3.97. The molecule has 2 nitrogen and oxygen atoms in total. The smallest absolute Gasteiger partial charge is 0.380 e. The largest absolute Gasteiger partial charge is 0.417 e. The highest BCUT2D eigenvalue weighted by Crippen LogP contribution is 2.52. The zero-order chi connectivity index (χ0) is 8.98. The summed E-state index contributed by atoms with van der Waals surface area (Å²) in [5.41, 5.74) is -2.40. The quantitative estimate of drug-likeness (QED) is 0.575. The molecule has 0 spiro atoms. The van der Waals surface area contributed by atoms with Crippen molar-refractivity contribution in [1.82, 2.24) is 5.32 Å². The van der Waals surface area contributed by atoms with Crippen LogP contribution >= 0.6 is 0 Å². The highest BCUT2D eigenvalue weighted by atomic mass is 19.4. The molecule has 2 fully saturated rings. The molecule has 70 valence electrons. The fraction of sp³-hybridized carbons (Fsp3) is 1.00. The van der Waals surface area contributed by atoms with Crippen molar-refractivity contribution in [1.29, 1.82) is 0 Å². The number of alkyl halides is 3. The summed E-state index contributed by atoms with van der Waals surface area (Å²) in [6.07, 6.45) is -4.21. The summed E-state index contributed by atoms with van der Waals surface area (Å²) in [5, 5.41) is 12.2. The number of aliphatic hydroxyl groups is 1. The Balaban J connectivity index is 2.15. The first-order chi connectivity index (χ1) is 5.45. The first kappa shape index (κ1) is 8.31. The minimum Gasteiger partial charge on any atom is -0.380 e. The molecule has 0 bridgehead atoms. The van der Waals surface area contributed by atoms with Crippen LogP contribution < -0.4 is 5.32 Å². The summed E-state index contributed by atoms with van der Waals surface area (Å²) in [6, 6.07) is -0.114. The SMILES string of the molecule is O[C@]1(C(F)(F)F)C[C@@H]2NCC[C@@H]21. The van der Waals surface area contributed by atoms with Crippen LogP contribution in [0.1, 0.15) is 12.8 Å². The lowest BCUT2D eigenvalue weighted by Crippen LogP contribution is -2.65. The third-order valence-corrected chi connectivity index (χ3v) is 2.98. The van der Waals surface area contributed by atoms with Gasteiger partial charge in [-0.25, -0.2) is 0 Å². The van der Waals surface area contributed by atoms with Crippen LogP contribution in [0.3, 0.4) is 0 Å². The third kappa shape index (κ3) is 0.835. The number of rotatable bonds is 0. The Morgan fingerprint density at radius 2 is 2.08 bits per heavy atom. The van der Waals surface area contributed by atoms with Crippen LogP contribution in [-0.4, -0.2) is 29.5 Å². The Morgan fingerprint density at radius 3 is 2.58 bits per heavy atom. The molecule has 1 saturated heterocycles. The molecule has 1 aliphatic carbocycles. The molecule has 1 heterocycles. The van der Waals surface area contributed by atoms with Crippen molar-refractivity contribution >= 4 is 0 Å². The van der Waals surface area contributed by atoms with Crippen molar-refractivity contribution in [2.24, 2.45) is 5.92 Å². The maximum absolute atomic E-state index is 12.2. The fourth-order valence-corrected chi connectivity index (χ4v) is 2.21. The van der Waals surface area contributed by atoms with Gasteiger partial charge in [0.25, 0.3) is 0 Å². The van der Waals surface area contributed by atoms with Crippen molar-refractivity contribution in [3.05, 3.63) is 0 Å². The van der Waals surface area contributed by atoms with Gasteiger partial charge < -0.3 is 10.4 Å². The standard InChI is InChI=1S/C7H10F3NO/c8-7(9,10)6(12)3-5-4(6)1-2-11-5/h4-5,11-12H,1-3H2/t4-,5-,6+/m0/s1. The summed E-state index contributed by atoms with van der Waals surface area (Å²) in [5.74, 6) is -0.613. The molecule has 2 N–H and O–H groups in total. The van der Waals surface area contributed by atoms with Crippen LogP contribution in [0.2, 0.25) is 0 Å². The van der Waals surface area contributed by atoms with Gasteiger partial charge in [0.05, 0.1) is 0 Å². The maximum atomic E-state index is 12.2. The first-order valence-corrected chi connectivity index (χ1v) is 3.97. The lowest BCUT2D eigenvalue weighted by molar-refractivity contribution is -0.312. The van der Waals surface area contributed by atoms with E-state index in [4.69, 9.17) is 0 Å². The van der Waals surface area contributed by atoms with Crippen LogP contribution in [-0.2, 0) is 0 Å². The molecule has 0 radical (unpaired) electrons. The Morgan fingerprint density at radius 1 is 1.42 bits per heavy atom. The Kier molecular flexibility index (Phi) is 1.48. The number of hydrogen-bond acceptors (Lipinski definition) is 2. The normalized spacial score (nSPS) is 47.0. The molecular formula is C7H10F3NO. The topological polar surface area (TPSA) is 32.3 Å². The van der Waals surface area contributed by atoms with E-state index in [9.17, 15) is 18.3 Å². The van der Waals surface area contributed by atoms with Gasteiger partial charge in [-0.1, -0.05) is 0 Å². The van der Waals surface area contributed by atoms with Crippen molar-refractivity contribution in [3.63, 3.8) is 0 Å². The molecule has 0 amide bonds. The molecule has 0 aromatic carbocycles. The van der Waals surface area contributed by atoms with E-state index in [0.717, 1.165) is 0 Å². The molecular weight excluding hydrogens is 171 g/mol. The second kappa shape index (κ2) is 2.14. The number of nitrogens with one attached hydrogen (secondary N) is 1. The van der Waals surface area contributed by atoms with Gasteiger partial charge in [0.1, 0.15) is 0 Å². The second-order valence-corrected chi connectivity index (χ2v) is 3.58. The predicted molar refractivity (Wildman–Crippen MR) is 35.5 cm³/mol. The fourth-order valence-electron chi connectivity index (χ4n) is 2.21. The summed E-state index contributed by atoms with van der Waals surface area (Å²) < 4.78 is 36.7. The molecule has 2 aliphatic rings. The minimum atomic E-state index is -4.46. The van der Waals surface area contributed by atoms with Crippen molar-refractivity contribution in [3.8, 4) is 0 Å². The monoisotopic (exact) mass is 181 g/mol. The Labute approximate surface area is 67.8 Å². The Hall–Kier alpha value is -0.290. The van der Waals surface area contributed by atoms with Crippen LogP contribution in [0.4, 0.5) is 13.2 Å². The van der Waals surface area contributed by atoms with Gasteiger partial charge in [-0.3, -0.25) is 0 Å². The number of hydrogen-bond donors (Lipinski definition) is 2. The maximum Gasteiger partial charge on any atom is 0.417 e. The zero-order valence-corrected chi connectivity index (χ0v) is 6.36. The van der Waals surface area contributed by atoms with E-state index >= 15 is 0 Å². The molecule has 12 heavy (non-hydrogen) atoms. The second-order valence-electron chi connectivity index (χ2n) is 3.58. The highest BCUT2D eigenvalue weighted by Gasteiger charge is 2.68. The third-order valence-electron chi connectivity index (χ3n) is 2.98. The van der Waals surface area contributed by atoms with Gasteiger partial charge in [0.2, 0.25) is 0 Å². The lowest BCUT2D eigenvalue weighted by atomic mass is 9.65. The summed E-state index contributed by atoms with van der Waals surface area (Å²) in [6.45, 7) is 0.591. The van der Waals surface area contributed by atoms with Gasteiger partial charge in [-0.05, 0) is 13.0 Å². The van der Waals surface area contributed by atoms with Gasteiger partial charge in [-0.2, -0.15) is 13.2 Å². The van der Waals surface area contributed by atoms with Crippen LogP contribution in [0.15, 0.2) is 0 Å². The molecule has 1 saturated carbocycles. The van der Waals surface area contributed by atoms with Crippen LogP contribution in [0.5, 0.6) is 0 Å². The molecule has 0 unspecified atom stereocenters. The highest BCUT2D eigenvalue weighted by molar-refractivity contribution is 5.12. The molecule has 1 aliphatic heterocycles. The molecule has 0 aromatic rings. The van der Waals surface area contributed by atoms with Crippen LogP contribution in [0, 0.1) is 5.92 Å². The minimum absolute atomic E-state index is 0.114. The summed E-state index contributed by atoms with van der Waals surface area (Å²) in [7, 11) is 0. The molecule has 3 atom stereocenters. The number of halogens is 3. The van der Waals surface area contributed by atoms with Crippen LogP contribution in [0.25, 0.3) is 0 Å². The molecule has 0 aromatic heterocycles. The Bertz CT molecular complexity index is 205. The van der Waals surface area contributed by atoms with Crippen molar-refractivity contribution in [2.45, 2.75) is 30.7 Å². The van der Waals surface area contributed by atoms with E-state index < -0.39 is 17.7 Å². The van der Waals surface area contributed by atoms with Gasteiger partial charge in [-0.15, -0.1) is 0 Å². The molecule has 2 rings (SSSR count). The van der Waals surface area contributed by atoms with E-state index in [1.165, 1.54) is 0 Å². The molecule has 5 heteroatoms. The lowest BCUT2D eigenvalue weighted by Gasteiger charge is -2.48. The van der Waals surface area contributed by atoms with Gasteiger partial charge >= 0.3 is 6.18 Å². The predicted octanol–water partition coefficient (Wildman–Crippen LogP) is 0.662. The van der Waals surface area contributed by atoms with E-state index in [2.05, 4.69) is 5.32 Å². The average molecular weight is 181 g/mol. The van der Waals surface area contributed by atoms with Crippen molar-refractivity contribution in [2.75, 3.05) is 6.54 Å². The summed E-state index contributed by atoms with van der Waals surface area (Å²) in [4.78, 5) is 0. The van der Waals surface area contributed by atoms with E-state index in [0.29, 0.717) is 13.0 Å². The summed E-state index contributed by atoms with van der Waals surface area (Å²) >= 11 is 0.